The Morgan fingerprint density at radius 3 is 2.61 bits per heavy atom. The standard InChI is InChI=1S/C26H26F3N7O2/c27-26(28,29)38-21-4-1-3-19(17-21)22-5-2-13-36-23(22)33-25(34-36)32-20-8-6-18(7-9-20)24(37)31-12-16-35-14-10-30-11-15-35/h1-9,13,17,30H,10-12,14-16H2,(H,31,37)(H,32,34). The van der Waals surface area contributed by atoms with Crippen LogP contribution in [0.25, 0.3) is 16.8 Å². The van der Waals surface area contributed by atoms with E-state index in [0.29, 0.717) is 40.5 Å². The molecule has 1 aliphatic heterocycles. The van der Waals surface area contributed by atoms with E-state index in [4.69, 9.17) is 0 Å². The molecule has 9 nitrogen and oxygen atoms in total. The third-order valence-electron chi connectivity index (χ3n) is 6.07. The fraction of sp³-hybridized carbons (Fsp3) is 0.269. The quantitative estimate of drug-likeness (QED) is 0.323. The van der Waals surface area contributed by atoms with E-state index in [1.807, 2.05) is 0 Å². The molecule has 1 saturated heterocycles. The van der Waals surface area contributed by atoms with Gasteiger partial charge in [0.05, 0.1) is 0 Å². The van der Waals surface area contributed by atoms with Crippen molar-refractivity contribution < 1.29 is 22.7 Å². The van der Waals surface area contributed by atoms with Crippen LogP contribution in [0, 0.1) is 0 Å². The van der Waals surface area contributed by atoms with Gasteiger partial charge < -0.3 is 20.7 Å². The number of aromatic nitrogens is 3. The SMILES string of the molecule is O=C(NCCN1CCNCC1)c1ccc(Nc2nc3c(-c4cccc(OC(F)(F)F)c4)cccn3n2)cc1. The third kappa shape index (κ3) is 6.39. The zero-order valence-corrected chi connectivity index (χ0v) is 20.3. The monoisotopic (exact) mass is 525 g/mol. The molecule has 12 heteroatoms. The zero-order valence-electron chi connectivity index (χ0n) is 20.3. The Kier molecular flexibility index (Phi) is 7.43. The van der Waals surface area contributed by atoms with Crippen LogP contribution in [0.3, 0.4) is 0 Å². The minimum absolute atomic E-state index is 0.140. The summed E-state index contributed by atoms with van der Waals surface area (Å²) in [6, 6.07) is 16.1. The Balaban J connectivity index is 1.25. The highest BCUT2D eigenvalue weighted by Gasteiger charge is 2.31. The molecule has 5 rings (SSSR count). The van der Waals surface area contributed by atoms with E-state index in [2.05, 4.69) is 35.7 Å². The van der Waals surface area contributed by atoms with Gasteiger partial charge in [-0.3, -0.25) is 9.69 Å². The van der Waals surface area contributed by atoms with E-state index in [0.717, 1.165) is 32.7 Å². The lowest BCUT2D eigenvalue weighted by molar-refractivity contribution is -0.274. The average molecular weight is 526 g/mol. The van der Waals surface area contributed by atoms with Crippen LogP contribution in [0.2, 0.25) is 0 Å². The predicted octanol–water partition coefficient (Wildman–Crippen LogP) is 3.67. The molecule has 0 saturated carbocycles. The van der Waals surface area contributed by atoms with Gasteiger partial charge in [-0.05, 0) is 54.1 Å². The van der Waals surface area contributed by atoms with Crippen LogP contribution in [-0.4, -0.2) is 71.0 Å². The highest BCUT2D eigenvalue weighted by Crippen LogP contribution is 2.30. The van der Waals surface area contributed by atoms with Crippen molar-refractivity contribution in [1.29, 1.82) is 0 Å². The van der Waals surface area contributed by atoms with Crippen molar-refractivity contribution in [1.82, 2.24) is 30.1 Å². The number of carbonyl (C=O) groups is 1. The van der Waals surface area contributed by atoms with Gasteiger partial charge in [-0.1, -0.05) is 12.1 Å². The largest absolute Gasteiger partial charge is 0.573 e. The molecule has 3 N–H and O–H groups in total. The summed E-state index contributed by atoms with van der Waals surface area (Å²) in [5.74, 6) is -0.157. The molecule has 4 aromatic rings. The summed E-state index contributed by atoms with van der Waals surface area (Å²) in [7, 11) is 0. The lowest BCUT2D eigenvalue weighted by Gasteiger charge is -2.27. The smallest absolute Gasteiger partial charge is 0.406 e. The van der Waals surface area contributed by atoms with Gasteiger partial charge in [-0.15, -0.1) is 18.3 Å². The maximum Gasteiger partial charge on any atom is 0.573 e. The summed E-state index contributed by atoms with van der Waals surface area (Å²) < 4.78 is 43.5. The van der Waals surface area contributed by atoms with Crippen LogP contribution >= 0.6 is 0 Å². The minimum atomic E-state index is -4.78. The van der Waals surface area contributed by atoms with Crippen molar-refractivity contribution >= 4 is 23.2 Å². The van der Waals surface area contributed by atoms with Crippen molar-refractivity contribution in [2.45, 2.75) is 6.36 Å². The number of piperazine rings is 1. The molecule has 2 aromatic heterocycles. The predicted molar refractivity (Wildman–Crippen MR) is 136 cm³/mol. The number of anilines is 2. The highest BCUT2D eigenvalue weighted by atomic mass is 19.4. The number of ether oxygens (including phenoxy) is 1. The number of pyridine rings is 1. The Morgan fingerprint density at radius 2 is 1.84 bits per heavy atom. The van der Waals surface area contributed by atoms with Crippen LogP contribution in [0.1, 0.15) is 10.4 Å². The van der Waals surface area contributed by atoms with Crippen molar-refractivity contribution in [3.05, 3.63) is 72.4 Å². The summed E-state index contributed by atoms with van der Waals surface area (Å²) in [5.41, 5.74) is 2.78. The van der Waals surface area contributed by atoms with E-state index in [9.17, 15) is 18.0 Å². The molecular weight excluding hydrogens is 499 g/mol. The van der Waals surface area contributed by atoms with E-state index in [-0.39, 0.29) is 11.7 Å². The van der Waals surface area contributed by atoms with Crippen LogP contribution in [0.15, 0.2) is 66.9 Å². The van der Waals surface area contributed by atoms with Gasteiger partial charge in [0.15, 0.2) is 5.65 Å². The maximum atomic E-state index is 12.7. The number of hydrogen-bond donors (Lipinski definition) is 3. The first-order valence-electron chi connectivity index (χ1n) is 12.1. The Hall–Kier alpha value is -4.16. The highest BCUT2D eigenvalue weighted by molar-refractivity contribution is 5.94. The van der Waals surface area contributed by atoms with E-state index < -0.39 is 6.36 Å². The van der Waals surface area contributed by atoms with Crippen LogP contribution < -0.4 is 20.7 Å². The molecule has 0 aliphatic carbocycles. The average Bonchev–Trinajstić information content (AvgIpc) is 3.31. The Morgan fingerprint density at radius 1 is 1.05 bits per heavy atom. The van der Waals surface area contributed by atoms with Gasteiger partial charge in [-0.2, -0.15) is 4.98 Å². The number of amides is 1. The first-order valence-corrected chi connectivity index (χ1v) is 12.1. The fourth-order valence-electron chi connectivity index (χ4n) is 4.24. The lowest BCUT2D eigenvalue weighted by Crippen LogP contribution is -2.46. The molecular formula is C26H26F3N7O2. The maximum absolute atomic E-state index is 12.7. The summed E-state index contributed by atoms with van der Waals surface area (Å²) >= 11 is 0. The van der Waals surface area contributed by atoms with E-state index >= 15 is 0 Å². The van der Waals surface area contributed by atoms with Crippen LogP contribution in [-0.2, 0) is 0 Å². The number of alkyl halides is 3. The number of rotatable bonds is 8. The first kappa shape index (κ1) is 25.5. The second-order valence-corrected chi connectivity index (χ2v) is 8.75. The van der Waals surface area contributed by atoms with Gasteiger partial charge in [0, 0.05) is 62.3 Å². The number of carbonyl (C=O) groups excluding carboxylic acids is 1. The molecule has 2 aromatic carbocycles. The molecule has 0 atom stereocenters. The number of halogens is 3. The zero-order chi connectivity index (χ0) is 26.5. The van der Waals surface area contributed by atoms with Crippen molar-refractivity contribution in [3.63, 3.8) is 0 Å². The van der Waals surface area contributed by atoms with Crippen LogP contribution in [0.4, 0.5) is 24.8 Å². The third-order valence-corrected chi connectivity index (χ3v) is 6.07. The molecule has 1 fully saturated rings. The van der Waals surface area contributed by atoms with Crippen molar-refractivity contribution in [2.75, 3.05) is 44.6 Å². The molecule has 3 heterocycles. The molecule has 0 unspecified atom stereocenters. The summed E-state index contributed by atoms with van der Waals surface area (Å²) in [4.78, 5) is 19.3. The summed E-state index contributed by atoms with van der Waals surface area (Å²) in [5, 5.41) is 13.8. The van der Waals surface area contributed by atoms with Crippen LogP contribution in [0.5, 0.6) is 5.75 Å². The molecule has 0 radical (unpaired) electrons. The molecule has 0 spiro atoms. The molecule has 1 aliphatic rings. The lowest BCUT2D eigenvalue weighted by atomic mass is 10.1. The van der Waals surface area contributed by atoms with Crippen molar-refractivity contribution in [2.24, 2.45) is 0 Å². The van der Waals surface area contributed by atoms with E-state index in [1.165, 1.54) is 22.7 Å². The number of nitrogens with zero attached hydrogens (tertiary/aromatic N) is 4. The van der Waals surface area contributed by atoms with Gasteiger partial charge in [0.2, 0.25) is 5.95 Å². The molecule has 1 amide bonds. The Bertz CT molecular complexity index is 1400. The van der Waals surface area contributed by atoms with Gasteiger partial charge >= 0.3 is 6.36 Å². The first-order chi connectivity index (χ1) is 18.3. The van der Waals surface area contributed by atoms with E-state index in [1.54, 1.807) is 48.7 Å². The number of nitrogens with one attached hydrogen (secondary N) is 3. The second-order valence-electron chi connectivity index (χ2n) is 8.75. The summed E-state index contributed by atoms with van der Waals surface area (Å²) in [6.45, 7) is 5.29. The van der Waals surface area contributed by atoms with Crippen molar-refractivity contribution in [3.8, 4) is 16.9 Å². The number of hydrogen-bond acceptors (Lipinski definition) is 7. The minimum Gasteiger partial charge on any atom is -0.406 e. The molecule has 38 heavy (non-hydrogen) atoms. The topological polar surface area (TPSA) is 95.8 Å². The van der Waals surface area contributed by atoms with Gasteiger partial charge in [-0.25, -0.2) is 4.52 Å². The second kappa shape index (κ2) is 11.1. The number of benzene rings is 2. The summed E-state index contributed by atoms with van der Waals surface area (Å²) in [6.07, 6.45) is -3.08. The molecule has 0 bridgehead atoms. The van der Waals surface area contributed by atoms with Gasteiger partial charge in [0.25, 0.3) is 5.91 Å². The normalized spacial score (nSPS) is 14.4. The fourth-order valence-corrected chi connectivity index (χ4v) is 4.24. The van der Waals surface area contributed by atoms with Gasteiger partial charge in [0.1, 0.15) is 5.75 Å². The Labute approximate surface area is 216 Å². The number of fused-ring (bicyclic) bond motifs is 1. The molecule has 198 valence electrons.